The van der Waals surface area contributed by atoms with Crippen molar-refractivity contribution in [3.63, 3.8) is 0 Å². The first kappa shape index (κ1) is 18.9. The molecular formula is C20H27N3O2S. The summed E-state index contributed by atoms with van der Waals surface area (Å²) < 4.78 is 5.23. The maximum absolute atomic E-state index is 12.2. The summed E-state index contributed by atoms with van der Waals surface area (Å²) in [6.07, 6.45) is 3.98. The molecule has 0 aliphatic carbocycles. The van der Waals surface area contributed by atoms with Gasteiger partial charge in [0.25, 0.3) is 0 Å². The second-order valence-corrected chi connectivity index (χ2v) is 8.29. The first-order valence-electron chi connectivity index (χ1n) is 9.15. The smallest absolute Gasteiger partial charge is 0.325 e. The third kappa shape index (κ3) is 3.91. The molecule has 2 heterocycles. The number of ether oxygens (including phenoxy) is 1. The Bertz CT molecular complexity index is 747. The molecule has 0 bridgehead atoms. The average molecular weight is 374 g/mol. The van der Waals surface area contributed by atoms with Crippen LogP contribution < -0.4 is 5.73 Å². The third-order valence-corrected chi connectivity index (χ3v) is 6.34. The normalized spacial score (nSPS) is 16.6. The highest BCUT2D eigenvalue weighted by Gasteiger charge is 2.38. The van der Waals surface area contributed by atoms with Gasteiger partial charge in [0.05, 0.1) is 16.5 Å². The Balaban J connectivity index is 1.64. The van der Waals surface area contributed by atoms with Crippen molar-refractivity contribution in [1.29, 1.82) is 0 Å². The van der Waals surface area contributed by atoms with Gasteiger partial charge in [-0.1, -0.05) is 12.1 Å². The molecule has 1 aliphatic rings. The van der Waals surface area contributed by atoms with Crippen molar-refractivity contribution in [3.05, 3.63) is 35.5 Å². The number of hydrogen-bond donors (Lipinski definition) is 1. The minimum Gasteiger partial charge on any atom is -0.465 e. The SMILES string of the molecule is CCOC(=O)C(C)(C)N1CCC(c2ncc(-c3ccc(N)cc3)s2)CC1. The van der Waals surface area contributed by atoms with Gasteiger partial charge in [-0.2, -0.15) is 0 Å². The van der Waals surface area contributed by atoms with Gasteiger partial charge in [0.15, 0.2) is 0 Å². The van der Waals surface area contributed by atoms with Crippen LogP contribution in [0.25, 0.3) is 10.4 Å². The summed E-state index contributed by atoms with van der Waals surface area (Å²) in [7, 11) is 0. The quantitative estimate of drug-likeness (QED) is 0.636. The Hall–Kier alpha value is -1.92. The molecule has 140 valence electrons. The summed E-state index contributed by atoms with van der Waals surface area (Å²) in [5, 5.41) is 1.19. The molecule has 0 unspecified atom stereocenters. The molecule has 1 fully saturated rings. The van der Waals surface area contributed by atoms with Gasteiger partial charge >= 0.3 is 5.97 Å². The molecular weight excluding hydrogens is 346 g/mol. The van der Waals surface area contributed by atoms with E-state index >= 15 is 0 Å². The lowest BCUT2D eigenvalue weighted by Gasteiger charge is -2.40. The van der Waals surface area contributed by atoms with E-state index in [2.05, 4.69) is 9.88 Å². The van der Waals surface area contributed by atoms with E-state index in [9.17, 15) is 4.79 Å². The number of benzene rings is 1. The Morgan fingerprint density at radius 3 is 2.58 bits per heavy atom. The number of likely N-dealkylation sites (tertiary alicyclic amines) is 1. The summed E-state index contributed by atoms with van der Waals surface area (Å²) in [5.41, 5.74) is 7.12. The number of hydrogen-bond acceptors (Lipinski definition) is 6. The zero-order chi connectivity index (χ0) is 18.7. The number of thiazole rings is 1. The second-order valence-electron chi connectivity index (χ2n) is 7.23. The minimum atomic E-state index is -0.570. The fourth-order valence-electron chi connectivity index (χ4n) is 3.38. The van der Waals surface area contributed by atoms with E-state index in [1.54, 1.807) is 11.3 Å². The lowest BCUT2D eigenvalue weighted by atomic mass is 9.92. The average Bonchev–Trinajstić information content (AvgIpc) is 3.13. The number of esters is 1. The molecule has 1 saturated heterocycles. The molecule has 2 N–H and O–H groups in total. The van der Waals surface area contributed by atoms with E-state index in [0.29, 0.717) is 12.5 Å². The molecule has 6 heteroatoms. The summed E-state index contributed by atoms with van der Waals surface area (Å²) in [4.78, 5) is 20.3. The Labute approximate surface area is 159 Å². The van der Waals surface area contributed by atoms with Crippen LogP contribution in [0.3, 0.4) is 0 Å². The van der Waals surface area contributed by atoms with Crippen LogP contribution in [-0.2, 0) is 9.53 Å². The van der Waals surface area contributed by atoms with Gasteiger partial charge < -0.3 is 10.5 Å². The fourth-order valence-corrected chi connectivity index (χ4v) is 4.47. The molecule has 0 radical (unpaired) electrons. The molecule has 3 rings (SSSR count). The number of nitrogens with two attached hydrogens (primary N) is 1. The Morgan fingerprint density at radius 2 is 1.96 bits per heavy atom. The van der Waals surface area contributed by atoms with E-state index < -0.39 is 5.54 Å². The van der Waals surface area contributed by atoms with Crippen molar-refractivity contribution in [2.75, 3.05) is 25.4 Å². The topological polar surface area (TPSA) is 68.5 Å². The lowest BCUT2D eigenvalue weighted by Crippen LogP contribution is -2.53. The van der Waals surface area contributed by atoms with Gasteiger partial charge in [0.2, 0.25) is 0 Å². The van der Waals surface area contributed by atoms with E-state index in [1.807, 2.05) is 51.2 Å². The maximum Gasteiger partial charge on any atom is 0.325 e. The first-order chi connectivity index (χ1) is 12.4. The van der Waals surface area contributed by atoms with Crippen molar-refractivity contribution in [1.82, 2.24) is 9.88 Å². The van der Waals surface area contributed by atoms with Gasteiger partial charge in [-0.05, 0) is 64.4 Å². The number of aromatic nitrogens is 1. The molecule has 2 aromatic rings. The highest BCUT2D eigenvalue weighted by Crippen LogP contribution is 2.36. The van der Waals surface area contributed by atoms with E-state index in [-0.39, 0.29) is 5.97 Å². The van der Waals surface area contributed by atoms with E-state index in [0.717, 1.165) is 37.2 Å². The number of carbonyl (C=O) groups excluding carboxylic acids is 1. The van der Waals surface area contributed by atoms with Crippen molar-refractivity contribution in [2.45, 2.75) is 45.1 Å². The predicted octanol–water partition coefficient (Wildman–Crippen LogP) is 3.91. The Morgan fingerprint density at radius 1 is 1.31 bits per heavy atom. The van der Waals surface area contributed by atoms with Crippen molar-refractivity contribution in [2.24, 2.45) is 0 Å². The molecule has 1 aromatic heterocycles. The number of nitrogen functional groups attached to an aromatic ring is 1. The number of piperidine rings is 1. The highest BCUT2D eigenvalue weighted by molar-refractivity contribution is 7.15. The molecule has 0 saturated carbocycles. The maximum atomic E-state index is 12.2. The van der Waals surface area contributed by atoms with Crippen molar-refractivity contribution in [3.8, 4) is 10.4 Å². The summed E-state index contributed by atoms with van der Waals surface area (Å²) >= 11 is 1.76. The molecule has 26 heavy (non-hydrogen) atoms. The van der Waals surface area contributed by atoms with Crippen LogP contribution in [0.4, 0.5) is 5.69 Å². The van der Waals surface area contributed by atoms with Crippen LogP contribution in [0.5, 0.6) is 0 Å². The van der Waals surface area contributed by atoms with Crippen molar-refractivity contribution >= 4 is 23.0 Å². The van der Waals surface area contributed by atoms with Crippen LogP contribution in [0.15, 0.2) is 30.5 Å². The zero-order valence-electron chi connectivity index (χ0n) is 15.7. The van der Waals surface area contributed by atoms with Crippen LogP contribution >= 0.6 is 11.3 Å². The fraction of sp³-hybridized carbons (Fsp3) is 0.500. The van der Waals surface area contributed by atoms with Gasteiger partial charge in [-0.15, -0.1) is 11.3 Å². The monoisotopic (exact) mass is 373 g/mol. The highest BCUT2D eigenvalue weighted by atomic mass is 32.1. The van der Waals surface area contributed by atoms with Crippen LogP contribution in [0.1, 0.15) is 44.5 Å². The number of nitrogens with zero attached hydrogens (tertiary/aromatic N) is 2. The molecule has 0 spiro atoms. The van der Waals surface area contributed by atoms with Gasteiger partial charge in [0.1, 0.15) is 5.54 Å². The van der Waals surface area contributed by atoms with Gasteiger partial charge in [-0.25, -0.2) is 4.98 Å². The minimum absolute atomic E-state index is 0.140. The van der Waals surface area contributed by atoms with Crippen molar-refractivity contribution < 1.29 is 9.53 Å². The number of rotatable bonds is 5. The van der Waals surface area contributed by atoms with Gasteiger partial charge in [0, 0.05) is 17.8 Å². The third-order valence-electron chi connectivity index (χ3n) is 5.13. The standard InChI is InChI=1S/C20H27N3O2S/c1-4-25-19(24)20(2,3)23-11-9-15(10-12-23)18-22-13-17(26-18)14-5-7-16(21)8-6-14/h5-8,13,15H,4,9-12,21H2,1-3H3. The molecule has 0 atom stereocenters. The van der Waals surface area contributed by atoms with Crippen LogP contribution in [-0.4, -0.2) is 41.1 Å². The van der Waals surface area contributed by atoms with E-state index in [4.69, 9.17) is 10.5 Å². The largest absolute Gasteiger partial charge is 0.465 e. The van der Waals surface area contributed by atoms with Crippen LogP contribution in [0, 0.1) is 0 Å². The number of carbonyl (C=O) groups is 1. The second kappa shape index (κ2) is 7.76. The predicted molar refractivity (Wildman–Crippen MR) is 106 cm³/mol. The lowest BCUT2D eigenvalue weighted by molar-refractivity contribution is -0.156. The summed E-state index contributed by atoms with van der Waals surface area (Å²) in [6, 6.07) is 7.92. The molecule has 0 amide bonds. The number of anilines is 1. The molecule has 1 aliphatic heterocycles. The van der Waals surface area contributed by atoms with Crippen LogP contribution in [0.2, 0.25) is 0 Å². The Kier molecular flexibility index (Phi) is 5.63. The zero-order valence-corrected chi connectivity index (χ0v) is 16.5. The molecule has 5 nitrogen and oxygen atoms in total. The molecule has 1 aromatic carbocycles. The summed E-state index contributed by atoms with van der Waals surface area (Å²) in [5.74, 6) is 0.315. The summed E-state index contributed by atoms with van der Waals surface area (Å²) in [6.45, 7) is 7.94. The van der Waals surface area contributed by atoms with E-state index in [1.165, 1.54) is 9.88 Å². The first-order valence-corrected chi connectivity index (χ1v) is 9.97. The van der Waals surface area contributed by atoms with Gasteiger partial charge in [-0.3, -0.25) is 9.69 Å².